The van der Waals surface area contributed by atoms with Gasteiger partial charge in [0.15, 0.2) is 11.5 Å². The number of hydrogen-bond acceptors (Lipinski definition) is 8. The third-order valence-corrected chi connectivity index (χ3v) is 6.76. The molecular formula is C31H24F3NO8. The van der Waals surface area contributed by atoms with Crippen LogP contribution in [0.4, 0.5) is 13.2 Å². The molecule has 12 heteroatoms. The molecule has 2 heterocycles. The fourth-order valence-corrected chi connectivity index (χ4v) is 4.81. The Morgan fingerprint density at radius 2 is 1.58 bits per heavy atom. The largest absolute Gasteiger partial charge is 0.493 e. The summed E-state index contributed by atoms with van der Waals surface area (Å²) in [7, 11) is 2.67. The number of carbonyl (C=O) groups excluding carboxylic acids is 3. The van der Waals surface area contributed by atoms with E-state index in [9.17, 15) is 32.3 Å². The first-order valence-electron chi connectivity index (χ1n) is 13.0. The summed E-state index contributed by atoms with van der Waals surface area (Å²) in [5.41, 5.74) is -2.13. The van der Waals surface area contributed by atoms with Gasteiger partial charge in [-0.05, 0) is 53.9 Å². The van der Waals surface area contributed by atoms with Crippen LogP contribution in [-0.4, -0.2) is 43.4 Å². The lowest BCUT2D eigenvalue weighted by atomic mass is 10.0. The molecular weight excluding hydrogens is 571 g/mol. The third-order valence-electron chi connectivity index (χ3n) is 6.76. The number of hydrogen-bond donors (Lipinski definition) is 0. The lowest BCUT2D eigenvalue weighted by Crippen LogP contribution is -2.33. The number of imide groups is 1. The van der Waals surface area contributed by atoms with Crippen molar-refractivity contribution < 1.29 is 46.2 Å². The van der Waals surface area contributed by atoms with E-state index in [0.29, 0.717) is 0 Å². The topological polar surface area (TPSA) is 112 Å². The van der Waals surface area contributed by atoms with Crippen LogP contribution >= 0.6 is 0 Å². The van der Waals surface area contributed by atoms with Gasteiger partial charge in [0.1, 0.15) is 11.3 Å². The maximum Gasteiger partial charge on any atom is 0.450 e. The highest BCUT2D eigenvalue weighted by molar-refractivity contribution is 6.22. The first-order chi connectivity index (χ1) is 20.3. The normalized spacial score (nSPS) is 13.1. The van der Waals surface area contributed by atoms with E-state index in [1.807, 2.05) is 13.8 Å². The molecule has 9 nitrogen and oxygen atoms in total. The van der Waals surface area contributed by atoms with Crippen molar-refractivity contribution >= 4 is 28.8 Å². The van der Waals surface area contributed by atoms with Crippen LogP contribution < -0.4 is 19.6 Å². The average molecular weight is 596 g/mol. The Bertz CT molecular complexity index is 1860. The maximum atomic E-state index is 14.1. The van der Waals surface area contributed by atoms with E-state index in [4.69, 9.17) is 18.6 Å². The van der Waals surface area contributed by atoms with Gasteiger partial charge in [-0.2, -0.15) is 13.2 Å². The van der Waals surface area contributed by atoms with E-state index < -0.39 is 46.3 Å². The molecule has 3 aromatic carbocycles. The monoisotopic (exact) mass is 595 g/mol. The van der Waals surface area contributed by atoms with Crippen LogP contribution in [0.2, 0.25) is 0 Å². The minimum absolute atomic E-state index is 0.0348. The molecule has 0 bridgehead atoms. The number of alkyl halides is 3. The highest BCUT2D eigenvalue weighted by Crippen LogP contribution is 2.40. The molecule has 0 fully saturated rings. The Kier molecular flexibility index (Phi) is 7.47. The number of carbonyl (C=O) groups is 3. The predicted molar refractivity (Wildman–Crippen MR) is 148 cm³/mol. The SMILES string of the molecule is COc1ccc(-c2c(C(F)(F)F)oc3cc(OC(=O)c4ccc5c(c4)C(=O)N(CC(C)C)C5=O)ccc3c2=O)cc1OC. The van der Waals surface area contributed by atoms with Gasteiger partial charge in [0.05, 0.1) is 41.9 Å². The zero-order valence-corrected chi connectivity index (χ0v) is 23.3. The Morgan fingerprint density at radius 3 is 2.23 bits per heavy atom. The number of nitrogens with zero attached hydrogens (tertiary/aromatic N) is 1. The molecule has 1 aromatic heterocycles. The van der Waals surface area contributed by atoms with Gasteiger partial charge in [0.25, 0.3) is 11.8 Å². The van der Waals surface area contributed by atoms with Crippen LogP contribution in [-0.2, 0) is 6.18 Å². The number of ether oxygens (including phenoxy) is 3. The quantitative estimate of drug-likeness (QED) is 0.146. The van der Waals surface area contributed by atoms with Gasteiger partial charge in [-0.1, -0.05) is 19.9 Å². The predicted octanol–water partition coefficient (Wildman–Crippen LogP) is 5.97. The van der Waals surface area contributed by atoms with E-state index in [1.54, 1.807) is 0 Å². The molecule has 1 aliphatic heterocycles. The molecule has 0 spiro atoms. The summed E-state index contributed by atoms with van der Waals surface area (Å²) in [6.07, 6.45) is -5.06. The molecule has 222 valence electrons. The van der Waals surface area contributed by atoms with E-state index in [-0.39, 0.29) is 57.4 Å². The van der Waals surface area contributed by atoms with Crippen molar-refractivity contribution in [1.82, 2.24) is 4.90 Å². The number of methoxy groups -OCH3 is 2. The van der Waals surface area contributed by atoms with Crippen LogP contribution in [0.5, 0.6) is 17.2 Å². The van der Waals surface area contributed by atoms with Crippen molar-refractivity contribution in [2.45, 2.75) is 20.0 Å². The second-order valence-corrected chi connectivity index (χ2v) is 10.1. The molecule has 5 rings (SSSR count). The zero-order chi connectivity index (χ0) is 31.2. The number of esters is 1. The highest BCUT2D eigenvalue weighted by Gasteiger charge is 2.40. The fourth-order valence-electron chi connectivity index (χ4n) is 4.81. The summed E-state index contributed by atoms with van der Waals surface area (Å²) >= 11 is 0. The number of rotatable bonds is 7. The number of amides is 2. The van der Waals surface area contributed by atoms with E-state index >= 15 is 0 Å². The van der Waals surface area contributed by atoms with Gasteiger partial charge < -0.3 is 18.6 Å². The smallest absolute Gasteiger partial charge is 0.450 e. The van der Waals surface area contributed by atoms with Crippen LogP contribution in [0.1, 0.15) is 50.7 Å². The van der Waals surface area contributed by atoms with Gasteiger partial charge in [0, 0.05) is 12.6 Å². The molecule has 0 unspecified atom stereocenters. The zero-order valence-electron chi connectivity index (χ0n) is 23.3. The van der Waals surface area contributed by atoms with Crippen LogP contribution in [0, 0.1) is 5.92 Å². The van der Waals surface area contributed by atoms with Crippen molar-refractivity contribution in [2.75, 3.05) is 20.8 Å². The number of halogens is 3. The Hall–Kier alpha value is -5.13. The van der Waals surface area contributed by atoms with Gasteiger partial charge >= 0.3 is 12.1 Å². The van der Waals surface area contributed by atoms with Gasteiger partial charge in [-0.3, -0.25) is 19.3 Å². The van der Waals surface area contributed by atoms with Crippen LogP contribution in [0.3, 0.4) is 0 Å². The molecule has 4 aromatic rings. The molecule has 0 radical (unpaired) electrons. The summed E-state index contributed by atoms with van der Waals surface area (Å²) in [6, 6.07) is 11.2. The van der Waals surface area contributed by atoms with Gasteiger partial charge in [0.2, 0.25) is 11.2 Å². The third kappa shape index (κ3) is 5.31. The van der Waals surface area contributed by atoms with Crippen molar-refractivity contribution in [1.29, 1.82) is 0 Å². The molecule has 0 saturated carbocycles. The number of fused-ring (bicyclic) bond motifs is 2. The fraction of sp³-hybridized carbons (Fsp3) is 0.226. The molecule has 0 N–H and O–H groups in total. The standard InChI is InChI=1S/C31H24F3NO8/c1-15(2)14-35-28(37)19-8-5-17(11-21(19)29(35)38)30(39)42-18-7-9-20-23(13-18)43-27(31(32,33)34)25(26(20)36)16-6-10-22(40-3)24(12-16)41-4/h5-13,15H,14H2,1-4H3. The van der Waals surface area contributed by atoms with E-state index in [2.05, 4.69) is 0 Å². The molecule has 43 heavy (non-hydrogen) atoms. The Labute approximate surface area is 242 Å². The summed E-state index contributed by atoms with van der Waals surface area (Å²) in [6.45, 7) is 3.92. The molecule has 1 aliphatic rings. The molecule has 0 saturated heterocycles. The van der Waals surface area contributed by atoms with Crippen LogP contribution in [0.25, 0.3) is 22.1 Å². The first kappa shape index (κ1) is 29.4. The van der Waals surface area contributed by atoms with E-state index in [0.717, 1.165) is 11.0 Å². The average Bonchev–Trinajstić information content (AvgIpc) is 3.19. The van der Waals surface area contributed by atoms with Gasteiger partial charge in [-0.25, -0.2) is 4.79 Å². The molecule has 2 amide bonds. The minimum Gasteiger partial charge on any atom is -0.493 e. The summed E-state index contributed by atoms with van der Waals surface area (Å²) in [4.78, 5) is 52.8. The van der Waals surface area contributed by atoms with Crippen molar-refractivity contribution in [2.24, 2.45) is 5.92 Å². The Morgan fingerprint density at radius 1 is 0.884 bits per heavy atom. The van der Waals surface area contributed by atoms with Crippen molar-refractivity contribution in [3.63, 3.8) is 0 Å². The number of benzene rings is 3. The minimum atomic E-state index is -5.06. The van der Waals surface area contributed by atoms with Crippen LogP contribution in [0.15, 0.2) is 63.8 Å². The molecule has 0 atom stereocenters. The maximum absolute atomic E-state index is 14.1. The van der Waals surface area contributed by atoms with Crippen molar-refractivity contribution in [3.05, 3.63) is 87.3 Å². The van der Waals surface area contributed by atoms with Gasteiger partial charge in [-0.15, -0.1) is 0 Å². The second kappa shape index (κ2) is 10.9. The lowest BCUT2D eigenvalue weighted by molar-refractivity contribution is -0.152. The molecule has 0 aliphatic carbocycles. The highest BCUT2D eigenvalue weighted by atomic mass is 19.4. The summed E-state index contributed by atoms with van der Waals surface area (Å²) in [5.74, 6) is -3.31. The Balaban J connectivity index is 1.50. The summed E-state index contributed by atoms with van der Waals surface area (Å²) in [5, 5.41) is -0.190. The first-order valence-corrected chi connectivity index (χ1v) is 13.0. The van der Waals surface area contributed by atoms with Crippen molar-refractivity contribution in [3.8, 4) is 28.4 Å². The van der Waals surface area contributed by atoms with E-state index in [1.165, 1.54) is 62.8 Å². The lowest BCUT2D eigenvalue weighted by Gasteiger charge is -2.15. The second-order valence-electron chi connectivity index (χ2n) is 10.1. The summed E-state index contributed by atoms with van der Waals surface area (Å²) < 4.78 is 63.3.